The van der Waals surface area contributed by atoms with Gasteiger partial charge in [-0.2, -0.15) is 5.57 Å². The summed E-state index contributed by atoms with van der Waals surface area (Å²) < 4.78 is 14.3. The first-order valence-corrected chi connectivity index (χ1v) is 9.79. The van der Waals surface area contributed by atoms with Crippen LogP contribution in [0.5, 0.6) is 0 Å². The maximum atomic E-state index is 10.9. The van der Waals surface area contributed by atoms with Gasteiger partial charge in [-0.3, -0.25) is 0 Å². The Morgan fingerprint density at radius 3 is 1.86 bits per heavy atom. The van der Waals surface area contributed by atoms with Crippen molar-refractivity contribution in [1.82, 2.24) is 0 Å². The fourth-order valence-electron chi connectivity index (χ4n) is 1.18. The molecule has 1 N–H and O–H groups in total. The smallest absolute Gasteiger partial charge is 0.870 e. The average molecular weight is 464 g/mol. The van der Waals surface area contributed by atoms with E-state index in [0.29, 0.717) is 28.5 Å². The number of ether oxygens (including phenoxy) is 3. The fraction of sp³-hybridized carbons (Fsp3) is 0.500. The second-order valence-corrected chi connectivity index (χ2v) is 7.24. The van der Waals surface area contributed by atoms with Gasteiger partial charge in [0.15, 0.2) is 0 Å². The van der Waals surface area contributed by atoms with Crippen LogP contribution in [0.15, 0.2) is 24.3 Å². The van der Waals surface area contributed by atoms with E-state index in [4.69, 9.17) is 25.8 Å². The van der Waals surface area contributed by atoms with Crippen LogP contribution in [-0.4, -0.2) is 64.5 Å². The summed E-state index contributed by atoms with van der Waals surface area (Å²) in [6.07, 6.45) is 1.23. The van der Waals surface area contributed by atoms with Gasteiger partial charge in [-0.1, -0.05) is 13.5 Å². The number of thioether (sulfide) groups is 2. The second-order valence-electron chi connectivity index (χ2n) is 5.02. The van der Waals surface area contributed by atoms with Crippen molar-refractivity contribution in [3.8, 4) is 0 Å². The van der Waals surface area contributed by atoms with E-state index in [9.17, 15) is 19.2 Å². The number of alkyl halides is 1. The number of carbonyl (C=O) groups is 3. The molecular weight excluding hydrogens is 443 g/mol. The molecule has 2 heterocycles. The molecule has 2 saturated heterocycles. The number of esters is 1. The number of cyclic esters (lactones) is 2. The molecule has 2 rings (SSSR count). The zero-order valence-corrected chi connectivity index (χ0v) is 20.3. The van der Waals surface area contributed by atoms with Crippen molar-refractivity contribution in [2.45, 2.75) is 26.1 Å². The molecule has 0 aliphatic carbocycles. The SMILES string of the molecule is C=C(C)C(=O)OCC1CSC(=O)O1.C=C(C)[C-]=O.O=C1OC(CCl)CS1.[Na+].[OH-]. The first-order chi connectivity index (χ1) is 12.2. The normalized spacial score (nSPS) is 19.0. The maximum absolute atomic E-state index is 10.9. The van der Waals surface area contributed by atoms with Crippen LogP contribution in [0.1, 0.15) is 13.8 Å². The molecule has 2 aliphatic heterocycles. The molecule has 2 unspecified atom stereocenters. The van der Waals surface area contributed by atoms with Crippen molar-refractivity contribution in [3.05, 3.63) is 24.3 Å². The third kappa shape index (κ3) is 16.5. The Bertz CT molecular complexity index is 559. The number of allylic oxidation sites excluding steroid dienone is 1. The minimum atomic E-state index is -0.451. The molecule has 12 heteroatoms. The molecule has 8 nitrogen and oxygen atoms in total. The standard InChI is InChI=1S/C8H10O4S.C4H5ClO2S.C4H5O.Na.H2O/c1-5(2)7(9)11-3-6-4-13-8(10)12-6;5-1-3-2-8-4(6)7-3;1-4(2)3-5;;/h6H,1,3-4H2,2H3;3H,1-2H2;1H2,2H3;;1H2/q;;-1;+1;/p-1. The Balaban J connectivity index is -0.000000360. The Labute approximate surface area is 199 Å². The van der Waals surface area contributed by atoms with Crippen molar-refractivity contribution in [1.29, 1.82) is 0 Å². The molecule has 0 aromatic rings. The molecule has 2 atom stereocenters. The number of rotatable bonds is 5. The topological polar surface area (TPSA) is 126 Å². The van der Waals surface area contributed by atoms with E-state index in [0.717, 1.165) is 11.8 Å². The van der Waals surface area contributed by atoms with E-state index < -0.39 is 5.97 Å². The van der Waals surface area contributed by atoms with Crippen molar-refractivity contribution >= 4 is 58.0 Å². The van der Waals surface area contributed by atoms with Gasteiger partial charge in [-0.15, -0.1) is 11.6 Å². The first-order valence-electron chi connectivity index (χ1n) is 7.28. The second kappa shape index (κ2) is 18.5. The van der Waals surface area contributed by atoms with Crippen molar-refractivity contribution in [2.75, 3.05) is 24.0 Å². The molecular formula is C16H21ClNaO8S2-. The molecule has 0 radical (unpaired) electrons. The maximum Gasteiger partial charge on any atom is 1.00 e. The molecule has 0 aromatic carbocycles. The summed E-state index contributed by atoms with van der Waals surface area (Å²) in [5.74, 6) is 1.22. The quantitative estimate of drug-likeness (QED) is 0.140. The summed E-state index contributed by atoms with van der Waals surface area (Å²) >= 11 is 7.66. The van der Waals surface area contributed by atoms with Gasteiger partial charge in [0.2, 0.25) is 0 Å². The minimum Gasteiger partial charge on any atom is -0.870 e. The van der Waals surface area contributed by atoms with E-state index in [1.54, 1.807) is 20.1 Å². The van der Waals surface area contributed by atoms with Gasteiger partial charge in [-0.05, 0) is 36.7 Å². The molecule has 2 aliphatic rings. The summed E-state index contributed by atoms with van der Waals surface area (Å²) in [4.78, 5) is 41.1. The van der Waals surface area contributed by atoms with Gasteiger partial charge in [0.1, 0.15) is 18.8 Å². The number of carbonyl (C=O) groups excluding carboxylic acids is 4. The van der Waals surface area contributed by atoms with E-state index in [2.05, 4.69) is 13.2 Å². The van der Waals surface area contributed by atoms with Crippen LogP contribution in [0.4, 0.5) is 9.59 Å². The Hall–Kier alpha value is -0.490. The molecule has 0 bridgehead atoms. The summed E-state index contributed by atoms with van der Waals surface area (Å²) in [5.41, 5.74) is 0.793. The molecule has 0 saturated carbocycles. The van der Waals surface area contributed by atoms with E-state index in [1.165, 1.54) is 11.8 Å². The molecule has 0 amide bonds. The van der Waals surface area contributed by atoms with Crippen LogP contribution < -0.4 is 29.6 Å². The Morgan fingerprint density at radius 1 is 1.18 bits per heavy atom. The molecule has 0 spiro atoms. The van der Waals surface area contributed by atoms with Crippen LogP contribution in [0, 0.1) is 0 Å². The average Bonchev–Trinajstić information content (AvgIpc) is 3.21. The largest absolute Gasteiger partial charge is 1.00 e. The third-order valence-corrected chi connectivity index (χ3v) is 4.48. The first kappa shape index (κ1) is 32.2. The zero-order chi connectivity index (χ0) is 20.1. The predicted octanol–water partition coefficient (Wildman–Crippen LogP) is 0.334. The van der Waals surface area contributed by atoms with Crippen LogP contribution in [-0.2, 0) is 23.8 Å². The van der Waals surface area contributed by atoms with Crippen LogP contribution in [0.25, 0.3) is 0 Å². The zero-order valence-electron chi connectivity index (χ0n) is 15.9. The molecule has 154 valence electrons. The van der Waals surface area contributed by atoms with Crippen molar-refractivity contribution in [2.24, 2.45) is 0 Å². The molecule has 2 fully saturated rings. The Morgan fingerprint density at radius 2 is 1.61 bits per heavy atom. The van der Waals surface area contributed by atoms with Crippen LogP contribution >= 0.6 is 35.1 Å². The summed E-state index contributed by atoms with van der Waals surface area (Å²) in [5, 5.41) is -0.507. The van der Waals surface area contributed by atoms with Crippen LogP contribution in [0.3, 0.4) is 0 Å². The number of hydrogen-bond acceptors (Lipinski definition) is 10. The number of halogens is 1. The van der Waals surface area contributed by atoms with E-state index in [1.807, 2.05) is 0 Å². The molecule has 28 heavy (non-hydrogen) atoms. The van der Waals surface area contributed by atoms with E-state index >= 15 is 0 Å². The number of hydrogen-bond donors (Lipinski definition) is 0. The van der Waals surface area contributed by atoms with Gasteiger partial charge in [-0.25, -0.2) is 21.0 Å². The van der Waals surface area contributed by atoms with Gasteiger partial charge < -0.3 is 24.5 Å². The van der Waals surface area contributed by atoms with Crippen molar-refractivity contribution in [3.63, 3.8) is 0 Å². The monoisotopic (exact) mass is 463 g/mol. The predicted molar refractivity (Wildman–Crippen MR) is 104 cm³/mol. The van der Waals surface area contributed by atoms with E-state index in [-0.39, 0.29) is 64.5 Å². The van der Waals surface area contributed by atoms with Gasteiger partial charge in [0.25, 0.3) is 0 Å². The van der Waals surface area contributed by atoms with Crippen molar-refractivity contribution < 1.29 is 68.4 Å². The summed E-state index contributed by atoms with van der Waals surface area (Å²) in [6.45, 7) is 9.96. The molecule has 0 aromatic heterocycles. The van der Waals surface area contributed by atoms with Gasteiger partial charge >= 0.3 is 46.1 Å². The van der Waals surface area contributed by atoms with Gasteiger partial charge in [0, 0.05) is 17.1 Å². The Kier molecular flexibility index (Phi) is 21.3. The summed E-state index contributed by atoms with van der Waals surface area (Å²) in [6, 6.07) is 0. The van der Waals surface area contributed by atoms with Crippen LogP contribution in [0.2, 0.25) is 0 Å². The summed E-state index contributed by atoms with van der Waals surface area (Å²) in [7, 11) is 0. The minimum absolute atomic E-state index is 0. The van der Waals surface area contributed by atoms with Gasteiger partial charge in [0.05, 0.1) is 5.88 Å². The third-order valence-electron chi connectivity index (χ3n) is 2.40. The fourth-order valence-corrected chi connectivity index (χ4v) is 2.88.